The maximum atomic E-state index is 13.0. The van der Waals surface area contributed by atoms with Gasteiger partial charge in [0.15, 0.2) is 11.5 Å². The third kappa shape index (κ3) is 5.57. The maximum Gasteiger partial charge on any atom is 0.251 e. The molecule has 30 heavy (non-hydrogen) atoms. The Labute approximate surface area is 177 Å². The number of nitrogens with one attached hydrogen (secondary N) is 1. The molecule has 0 bridgehead atoms. The summed E-state index contributed by atoms with van der Waals surface area (Å²) in [5.74, 6) is 1.91. The van der Waals surface area contributed by atoms with E-state index in [4.69, 9.17) is 18.9 Å². The molecule has 2 aromatic carbocycles. The zero-order chi connectivity index (χ0) is 21.3. The Hall–Kier alpha value is -2.93. The number of hydrogen-bond acceptors (Lipinski definition) is 6. The van der Waals surface area contributed by atoms with Crippen LogP contribution < -0.4 is 24.3 Å². The highest BCUT2D eigenvalue weighted by molar-refractivity contribution is 5.95. The highest BCUT2D eigenvalue weighted by Crippen LogP contribution is 2.38. The lowest BCUT2D eigenvalue weighted by Gasteiger charge is -2.25. The Morgan fingerprint density at radius 3 is 2.20 bits per heavy atom. The molecule has 1 saturated heterocycles. The number of carbonyl (C=O) groups is 1. The SMILES string of the molecule is COc1cc(C(=O)N[C@H](COc2ccccc2)CN2CCCC2)cc(OC)c1OC. The molecule has 1 atom stereocenters. The third-order valence-electron chi connectivity index (χ3n) is 5.13. The molecule has 3 rings (SSSR count). The van der Waals surface area contributed by atoms with Crippen molar-refractivity contribution in [1.82, 2.24) is 10.2 Å². The summed E-state index contributed by atoms with van der Waals surface area (Å²) >= 11 is 0. The molecule has 7 heteroatoms. The first-order valence-electron chi connectivity index (χ1n) is 10.2. The minimum atomic E-state index is -0.213. The number of amides is 1. The monoisotopic (exact) mass is 414 g/mol. The van der Waals surface area contributed by atoms with E-state index in [2.05, 4.69) is 10.2 Å². The molecule has 1 heterocycles. The van der Waals surface area contributed by atoms with E-state index in [1.807, 2.05) is 30.3 Å². The Balaban J connectivity index is 1.74. The van der Waals surface area contributed by atoms with Crippen molar-refractivity contribution in [1.29, 1.82) is 0 Å². The van der Waals surface area contributed by atoms with E-state index in [0.717, 1.165) is 25.4 Å². The van der Waals surface area contributed by atoms with Gasteiger partial charge in [0.25, 0.3) is 5.91 Å². The summed E-state index contributed by atoms with van der Waals surface area (Å²) in [6.07, 6.45) is 2.38. The van der Waals surface area contributed by atoms with E-state index in [1.165, 1.54) is 34.2 Å². The van der Waals surface area contributed by atoms with Crippen molar-refractivity contribution in [3.63, 3.8) is 0 Å². The highest BCUT2D eigenvalue weighted by Gasteiger charge is 2.22. The first-order valence-corrected chi connectivity index (χ1v) is 10.2. The topological polar surface area (TPSA) is 69.3 Å². The Bertz CT molecular complexity index is 797. The lowest BCUT2D eigenvalue weighted by Crippen LogP contribution is -2.46. The number of hydrogen-bond donors (Lipinski definition) is 1. The second kappa shape index (κ2) is 10.7. The maximum absolute atomic E-state index is 13.0. The number of ether oxygens (including phenoxy) is 4. The molecular formula is C23H30N2O5. The van der Waals surface area contributed by atoms with Crippen molar-refractivity contribution >= 4 is 5.91 Å². The number of carbonyl (C=O) groups excluding carboxylic acids is 1. The molecule has 0 unspecified atom stereocenters. The second-order valence-electron chi connectivity index (χ2n) is 7.22. The van der Waals surface area contributed by atoms with Gasteiger partial charge in [0.2, 0.25) is 5.75 Å². The zero-order valence-electron chi connectivity index (χ0n) is 17.8. The minimum absolute atomic E-state index is 0.158. The fourth-order valence-corrected chi connectivity index (χ4v) is 3.61. The fraction of sp³-hybridized carbons (Fsp3) is 0.435. The van der Waals surface area contributed by atoms with E-state index in [-0.39, 0.29) is 11.9 Å². The van der Waals surface area contributed by atoms with Crippen LogP contribution >= 0.6 is 0 Å². The Morgan fingerprint density at radius 2 is 1.63 bits per heavy atom. The lowest BCUT2D eigenvalue weighted by atomic mass is 10.1. The van der Waals surface area contributed by atoms with Crippen molar-refractivity contribution in [2.75, 3.05) is 47.6 Å². The molecule has 0 aromatic heterocycles. The second-order valence-corrected chi connectivity index (χ2v) is 7.22. The van der Waals surface area contributed by atoms with E-state index >= 15 is 0 Å². The molecule has 0 saturated carbocycles. The van der Waals surface area contributed by atoms with Crippen LogP contribution in [-0.2, 0) is 0 Å². The molecule has 162 valence electrons. The summed E-state index contributed by atoms with van der Waals surface area (Å²) in [4.78, 5) is 15.4. The van der Waals surface area contributed by atoms with Gasteiger partial charge in [-0.05, 0) is 50.2 Å². The Kier molecular flexibility index (Phi) is 7.79. The molecule has 0 radical (unpaired) electrons. The van der Waals surface area contributed by atoms with Crippen molar-refractivity contribution in [2.45, 2.75) is 18.9 Å². The highest BCUT2D eigenvalue weighted by atomic mass is 16.5. The standard InChI is InChI=1S/C23H30N2O5/c1-27-20-13-17(14-21(28-2)22(20)29-3)23(26)24-18(15-25-11-7-8-12-25)16-30-19-9-5-4-6-10-19/h4-6,9-10,13-14,18H,7-8,11-12,15-16H2,1-3H3,(H,24,26)/t18-/m0/s1. The number of methoxy groups -OCH3 is 3. The van der Waals surface area contributed by atoms with E-state index in [0.29, 0.717) is 29.4 Å². The molecular weight excluding hydrogens is 384 g/mol. The summed E-state index contributed by atoms with van der Waals surface area (Å²) in [5, 5.41) is 3.11. The summed E-state index contributed by atoms with van der Waals surface area (Å²) < 4.78 is 22.0. The van der Waals surface area contributed by atoms with Gasteiger partial charge in [-0.25, -0.2) is 0 Å². The summed E-state index contributed by atoms with van der Waals surface area (Å²) in [5.41, 5.74) is 0.440. The normalized spacial score (nSPS) is 14.8. The smallest absolute Gasteiger partial charge is 0.251 e. The van der Waals surface area contributed by atoms with Crippen LogP contribution in [0.1, 0.15) is 23.2 Å². The van der Waals surface area contributed by atoms with Crippen molar-refractivity contribution in [3.05, 3.63) is 48.0 Å². The van der Waals surface area contributed by atoms with Crippen molar-refractivity contribution in [3.8, 4) is 23.0 Å². The van der Waals surface area contributed by atoms with Crippen LogP contribution in [0.3, 0.4) is 0 Å². The zero-order valence-corrected chi connectivity index (χ0v) is 17.8. The van der Waals surface area contributed by atoms with Crippen LogP contribution in [-0.4, -0.2) is 64.4 Å². The van der Waals surface area contributed by atoms with E-state index < -0.39 is 0 Å². The fourth-order valence-electron chi connectivity index (χ4n) is 3.61. The molecule has 1 aliphatic heterocycles. The number of nitrogens with zero attached hydrogens (tertiary/aromatic N) is 1. The van der Waals surface area contributed by atoms with E-state index in [1.54, 1.807) is 12.1 Å². The van der Waals surface area contributed by atoms with Crippen LogP contribution in [0.15, 0.2) is 42.5 Å². The van der Waals surface area contributed by atoms with Crippen LogP contribution in [0.2, 0.25) is 0 Å². The van der Waals surface area contributed by atoms with Crippen LogP contribution in [0.4, 0.5) is 0 Å². The molecule has 1 amide bonds. The molecule has 2 aromatic rings. The number of benzene rings is 2. The first kappa shape index (κ1) is 21.8. The van der Waals surface area contributed by atoms with Gasteiger partial charge < -0.3 is 29.2 Å². The van der Waals surface area contributed by atoms with Gasteiger partial charge >= 0.3 is 0 Å². The van der Waals surface area contributed by atoms with Crippen LogP contribution in [0, 0.1) is 0 Å². The van der Waals surface area contributed by atoms with Crippen LogP contribution in [0.25, 0.3) is 0 Å². The molecule has 0 aliphatic carbocycles. The average molecular weight is 415 g/mol. The lowest BCUT2D eigenvalue weighted by molar-refractivity contribution is 0.0906. The summed E-state index contributed by atoms with van der Waals surface area (Å²) in [6, 6.07) is 12.8. The number of likely N-dealkylation sites (tertiary alicyclic amines) is 1. The van der Waals surface area contributed by atoms with Gasteiger partial charge in [0.05, 0.1) is 27.4 Å². The van der Waals surface area contributed by atoms with Gasteiger partial charge in [0, 0.05) is 12.1 Å². The number of para-hydroxylation sites is 1. The molecule has 1 fully saturated rings. The van der Waals surface area contributed by atoms with Crippen molar-refractivity contribution < 1.29 is 23.7 Å². The van der Waals surface area contributed by atoms with Gasteiger partial charge in [-0.15, -0.1) is 0 Å². The first-order chi connectivity index (χ1) is 14.6. The number of rotatable bonds is 10. The van der Waals surface area contributed by atoms with Gasteiger partial charge in [-0.1, -0.05) is 18.2 Å². The Morgan fingerprint density at radius 1 is 1.00 bits per heavy atom. The van der Waals surface area contributed by atoms with Gasteiger partial charge in [0.1, 0.15) is 12.4 Å². The molecule has 0 spiro atoms. The quantitative estimate of drug-likeness (QED) is 0.645. The average Bonchev–Trinajstić information content (AvgIpc) is 3.30. The predicted octanol–water partition coefficient (Wildman–Crippen LogP) is 2.99. The van der Waals surface area contributed by atoms with Gasteiger partial charge in [-0.3, -0.25) is 4.79 Å². The third-order valence-corrected chi connectivity index (χ3v) is 5.13. The summed E-state index contributed by atoms with van der Waals surface area (Å²) in [7, 11) is 4.60. The van der Waals surface area contributed by atoms with Crippen LogP contribution in [0.5, 0.6) is 23.0 Å². The largest absolute Gasteiger partial charge is 0.493 e. The molecule has 7 nitrogen and oxygen atoms in total. The van der Waals surface area contributed by atoms with Gasteiger partial charge in [-0.2, -0.15) is 0 Å². The molecule has 1 aliphatic rings. The predicted molar refractivity (Wildman–Crippen MR) is 115 cm³/mol. The summed E-state index contributed by atoms with van der Waals surface area (Å²) in [6.45, 7) is 3.21. The van der Waals surface area contributed by atoms with E-state index in [9.17, 15) is 4.79 Å². The molecule has 1 N–H and O–H groups in total. The van der Waals surface area contributed by atoms with Crippen molar-refractivity contribution in [2.24, 2.45) is 0 Å². The minimum Gasteiger partial charge on any atom is -0.493 e.